The van der Waals surface area contributed by atoms with Crippen molar-refractivity contribution >= 4 is 55.1 Å². The van der Waals surface area contributed by atoms with Gasteiger partial charge in [0.1, 0.15) is 12.6 Å². The van der Waals surface area contributed by atoms with Crippen LogP contribution in [-0.4, -0.2) is 44.3 Å². The fraction of sp³-hybridized carbons (Fsp3) is 0.310. The second kappa shape index (κ2) is 13.5. The fourth-order valence-corrected chi connectivity index (χ4v) is 5.60. The first-order valence-corrected chi connectivity index (χ1v) is 15.2. The van der Waals surface area contributed by atoms with E-state index in [0.29, 0.717) is 11.6 Å². The highest BCUT2D eigenvalue weighted by molar-refractivity contribution is 9.10. The summed E-state index contributed by atoms with van der Waals surface area (Å²) >= 11 is 9.47. The van der Waals surface area contributed by atoms with Crippen LogP contribution >= 0.6 is 27.5 Å². The third-order valence-corrected chi connectivity index (χ3v) is 8.69. The largest absolute Gasteiger partial charge is 0.354 e. The number of benzene rings is 3. The normalized spacial score (nSPS) is 12.2. The Bertz CT molecular complexity index is 1380. The van der Waals surface area contributed by atoms with Crippen LogP contribution in [0.25, 0.3) is 0 Å². The minimum Gasteiger partial charge on any atom is -0.354 e. The number of amides is 2. The van der Waals surface area contributed by atoms with Crippen molar-refractivity contribution in [3.05, 3.63) is 93.4 Å². The van der Waals surface area contributed by atoms with Gasteiger partial charge in [0.15, 0.2) is 0 Å². The molecule has 0 bridgehead atoms. The van der Waals surface area contributed by atoms with Gasteiger partial charge in [0.2, 0.25) is 11.8 Å². The minimum absolute atomic E-state index is 0.0537. The molecule has 0 unspecified atom stereocenters. The standard InChI is InChI=1S/C29H33BrClN3O4S/c1-20(2)17-32-29(36)22(4)33(18-23-7-9-24(30)10-8-23)28(35)19-34(26-13-11-25(31)12-14-26)39(37,38)27-15-5-21(3)6-16-27/h5-16,20,22H,17-19H2,1-4H3,(H,32,36)/t22-/m1/s1. The highest BCUT2D eigenvalue weighted by atomic mass is 79.9. The molecular weight excluding hydrogens is 602 g/mol. The topological polar surface area (TPSA) is 86.8 Å². The quantitative estimate of drug-likeness (QED) is 0.289. The average molecular weight is 635 g/mol. The van der Waals surface area contributed by atoms with Crippen molar-refractivity contribution in [3.8, 4) is 0 Å². The van der Waals surface area contributed by atoms with E-state index >= 15 is 0 Å². The number of aryl methyl sites for hydroxylation is 1. The van der Waals surface area contributed by atoms with E-state index in [0.717, 1.165) is 19.9 Å². The van der Waals surface area contributed by atoms with Crippen molar-refractivity contribution in [1.29, 1.82) is 0 Å². The van der Waals surface area contributed by atoms with Gasteiger partial charge < -0.3 is 10.2 Å². The molecular formula is C29H33BrClN3O4S. The lowest BCUT2D eigenvalue weighted by Gasteiger charge is -2.32. The smallest absolute Gasteiger partial charge is 0.264 e. The van der Waals surface area contributed by atoms with E-state index in [-0.39, 0.29) is 29.0 Å². The first-order chi connectivity index (χ1) is 18.4. The molecule has 3 aromatic rings. The Labute approximate surface area is 244 Å². The number of nitrogens with one attached hydrogen (secondary N) is 1. The molecule has 0 radical (unpaired) electrons. The van der Waals surface area contributed by atoms with Crippen molar-refractivity contribution in [2.24, 2.45) is 5.92 Å². The lowest BCUT2D eigenvalue weighted by atomic mass is 10.1. The lowest BCUT2D eigenvalue weighted by molar-refractivity contribution is -0.139. The summed E-state index contributed by atoms with van der Waals surface area (Å²) < 4.78 is 29.5. The maximum Gasteiger partial charge on any atom is 0.264 e. The molecule has 39 heavy (non-hydrogen) atoms. The highest BCUT2D eigenvalue weighted by Gasteiger charge is 2.32. The van der Waals surface area contributed by atoms with E-state index in [1.54, 1.807) is 43.3 Å². The molecule has 208 valence electrons. The van der Waals surface area contributed by atoms with E-state index in [1.165, 1.54) is 17.0 Å². The Balaban J connectivity index is 2.00. The van der Waals surface area contributed by atoms with Crippen molar-refractivity contribution in [2.45, 2.75) is 45.2 Å². The van der Waals surface area contributed by atoms with Gasteiger partial charge in [-0.3, -0.25) is 13.9 Å². The second-order valence-electron chi connectivity index (χ2n) is 9.76. The van der Waals surface area contributed by atoms with Gasteiger partial charge >= 0.3 is 0 Å². The van der Waals surface area contributed by atoms with Gasteiger partial charge in [-0.2, -0.15) is 0 Å². The van der Waals surface area contributed by atoms with Crippen LogP contribution < -0.4 is 9.62 Å². The molecule has 0 aliphatic rings. The molecule has 0 aromatic heterocycles. The number of rotatable bonds is 11. The first kappa shape index (κ1) is 30.7. The van der Waals surface area contributed by atoms with Crippen LogP contribution in [-0.2, 0) is 26.2 Å². The SMILES string of the molecule is Cc1ccc(S(=O)(=O)N(CC(=O)N(Cc2ccc(Br)cc2)[C@H](C)C(=O)NCC(C)C)c2ccc(Cl)cc2)cc1. The Kier molecular flexibility index (Phi) is 10.6. The van der Waals surface area contributed by atoms with Gasteiger partial charge in [-0.25, -0.2) is 8.42 Å². The van der Waals surface area contributed by atoms with Crippen molar-refractivity contribution in [3.63, 3.8) is 0 Å². The average Bonchev–Trinajstić information content (AvgIpc) is 2.90. The Morgan fingerprint density at radius 1 is 0.923 bits per heavy atom. The summed E-state index contributed by atoms with van der Waals surface area (Å²) in [4.78, 5) is 28.4. The molecule has 3 rings (SSSR count). The first-order valence-electron chi connectivity index (χ1n) is 12.5. The lowest BCUT2D eigenvalue weighted by Crippen LogP contribution is -2.51. The third-order valence-electron chi connectivity index (χ3n) is 6.12. The molecule has 2 amide bonds. The predicted octanol–water partition coefficient (Wildman–Crippen LogP) is 5.80. The van der Waals surface area contributed by atoms with Crippen LogP contribution in [0.2, 0.25) is 5.02 Å². The van der Waals surface area contributed by atoms with Gasteiger partial charge in [0.25, 0.3) is 10.0 Å². The molecule has 0 aliphatic carbocycles. The molecule has 0 heterocycles. The zero-order chi connectivity index (χ0) is 28.7. The van der Waals surface area contributed by atoms with Gasteiger partial charge in [0.05, 0.1) is 10.6 Å². The Hall–Kier alpha value is -2.88. The van der Waals surface area contributed by atoms with Crippen LogP contribution in [0.3, 0.4) is 0 Å². The van der Waals surface area contributed by atoms with Crippen LogP contribution in [0.15, 0.2) is 82.2 Å². The number of carbonyl (C=O) groups is 2. The third kappa shape index (κ3) is 8.30. The molecule has 0 fully saturated rings. The number of carbonyl (C=O) groups excluding carboxylic acids is 2. The number of halogens is 2. The zero-order valence-corrected chi connectivity index (χ0v) is 25.6. The molecule has 10 heteroatoms. The van der Waals surface area contributed by atoms with Crippen LogP contribution in [0.4, 0.5) is 5.69 Å². The summed E-state index contributed by atoms with van der Waals surface area (Å²) in [6, 6.07) is 19.2. The molecule has 1 N–H and O–H groups in total. The monoisotopic (exact) mass is 633 g/mol. The highest BCUT2D eigenvalue weighted by Crippen LogP contribution is 2.26. The number of hydrogen-bond donors (Lipinski definition) is 1. The summed E-state index contributed by atoms with van der Waals surface area (Å²) in [5.41, 5.74) is 1.99. The molecule has 7 nitrogen and oxygen atoms in total. The number of sulfonamides is 1. The van der Waals surface area contributed by atoms with Crippen LogP contribution in [0.5, 0.6) is 0 Å². The fourth-order valence-electron chi connectivity index (χ4n) is 3.80. The maximum atomic E-state index is 13.9. The van der Waals surface area contributed by atoms with Gasteiger partial charge in [-0.05, 0) is 73.9 Å². The van der Waals surface area contributed by atoms with Crippen molar-refractivity contribution in [2.75, 3.05) is 17.4 Å². The molecule has 0 saturated carbocycles. The maximum absolute atomic E-state index is 13.9. The van der Waals surface area contributed by atoms with Crippen molar-refractivity contribution < 1.29 is 18.0 Å². The number of anilines is 1. The van der Waals surface area contributed by atoms with Crippen LogP contribution in [0.1, 0.15) is 31.9 Å². The minimum atomic E-state index is -4.12. The van der Waals surface area contributed by atoms with E-state index in [4.69, 9.17) is 11.6 Å². The van der Waals surface area contributed by atoms with Crippen molar-refractivity contribution in [1.82, 2.24) is 10.2 Å². The zero-order valence-electron chi connectivity index (χ0n) is 22.4. The van der Waals surface area contributed by atoms with E-state index in [1.807, 2.05) is 45.0 Å². The molecule has 0 aliphatic heterocycles. The van der Waals surface area contributed by atoms with E-state index in [2.05, 4.69) is 21.2 Å². The second-order valence-corrected chi connectivity index (χ2v) is 13.0. The Morgan fingerprint density at radius 2 is 1.51 bits per heavy atom. The number of nitrogens with zero attached hydrogens (tertiary/aromatic N) is 2. The summed E-state index contributed by atoms with van der Waals surface area (Å²) in [7, 11) is -4.12. The molecule has 0 saturated heterocycles. The summed E-state index contributed by atoms with van der Waals surface area (Å²) in [6.07, 6.45) is 0. The van der Waals surface area contributed by atoms with Gasteiger partial charge in [-0.1, -0.05) is 71.2 Å². The predicted molar refractivity (Wildman–Crippen MR) is 159 cm³/mol. The summed E-state index contributed by atoms with van der Waals surface area (Å²) in [5, 5.41) is 3.31. The molecule has 0 spiro atoms. The summed E-state index contributed by atoms with van der Waals surface area (Å²) in [5.74, 6) is -0.596. The number of hydrogen-bond acceptors (Lipinski definition) is 4. The van der Waals surface area contributed by atoms with Gasteiger partial charge in [-0.15, -0.1) is 0 Å². The molecule has 3 aromatic carbocycles. The van der Waals surface area contributed by atoms with Gasteiger partial charge in [0, 0.05) is 22.6 Å². The summed E-state index contributed by atoms with van der Waals surface area (Å²) in [6.45, 7) is 7.56. The van der Waals surface area contributed by atoms with Crippen LogP contribution in [0, 0.1) is 12.8 Å². The van der Waals surface area contributed by atoms with E-state index < -0.39 is 28.5 Å². The van der Waals surface area contributed by atoms with E-state index in [9.17, 15) is 18.0 Å². The Morgan fingerprint density at radius 3 is 2.08 bits per heavy atom. The molecule has 1 atom stereocenters.